The number of carbonyl (C=O) groups is 2. The summed E-state index contributed by atoms with van der Waals surface area (Å²) in [7, 11) is 7.43. The molecule has 0 saturated heterocycles. The van der Waals surface area contributed by atoms with Gasteiger partial charge in [-0.25, -0.2) is 0 Å². The van der Waals surface area contributed by atoms with Crippen molar-refractivity contribution in [3.8, 4) is 0 Å². The van der Waals surface area contributed by atoms with E-state index in [-0.39, 0.29) is 23.1 Å². The van der Waals surface area contributed by atoms with Gasteiger partial charge in [0.05, 0.1) is 34.9 Å². The minimum absolute atomic E-state index is 0.0194. The molecule has 0 aliphatic heterocycles. The van der Waals surface area contributed by atoms with Crippen molar-refractivity contribution in [1.29, 1.82) is 0 Å². The fourth-order valence-electron chi connectivity index (χ4n) is 4.55. The van der Waals surface area contributed by atoms with Crippen molar-refractivity contribution in [3.05, 3.63) is 58.6 Å². The predicted molar refractivity (Wildman–Crippen MR) is 132 cm³/mol. The zero-order chi connectivity index (χ0) is 24.3. The minimum Gasteiger partial charge on any atom is -0.489 e. The van der Waals surface area contributed by atoms with Gasteiger partial charge in [0.25, 0.3) is 0 Å². The normalized spacial score (nSPS) is 14.8. The molecular weight excluding hydrogens is 414 g/mol. The number of allylic oxidation sites excluding steroid dienone is 2. The van der Waals surface area contributed by atoms with Gasteiger partial charge in [-0.05, 0) is 32.6 Å². The number of benzene rings is 1. The van der Waals surface area contributed by atoms with Crippen molar-refractivity contribution < 1.29 is 23.5 Å². The van der Waals surface area contributed by atoms with Gasteiger partial charge in [0.15, 0.2) is 0 Å². The molecule has 1 aliphatic rings. The number of hydrogen-bond donors (Lipinski definition) is 0. The standard InChI is InChI=1S/C28H42NO4/c1-22-24(26(31)28(33-5)27(32-4)25(22)30)19-15-10-8-6-7-9-11-16-20-29(2,3)21-23-17-13-12-14-18-23/h12-14,17-18H,6-11,15-16,19-21H2,1-5H3/q+1. The highest BCUT2D eigenvalue weighted by molar-refractivity contribution is 6.23. The maximum absolute atomic E-state index is 12.6. The first-order chi connectivity index (χ1) is 15.8. The summed E-state index contributed by atoms with van der Waals surface area (Å²) in [6.07, 6.45) is 10.1. The van der Waals surface area contributed by atoms with Gasteiger partial charge in [-0.15, -0.1) is 0 Å². The monoisotopic (exact) mass is 456 g/mol. The number of nitrogens with zero attached hydrogens (tertiary/aromatic N) is 1. The fraction of sp³-hybridized carbons (Fsp3) is 0.571. The Balaban J connectivity index is 1.58. The highest BCUT2D eigenvalue weighted by atomic mass is 16.5. The summed E-state index contributed by atoms with van der Waals surface area (Å²) < 4.78 is 11.3. The molecule has 0 atom stereocenters. The average molecular weight is 457 g/mol. The van der Waals surface area contributed by atoms with Gasteiger partial charge in [0.2, 0.25) is 23.1 Å². The molecule has 0 spiro atoms. The third-order valence-corrected chi connectivity index (χ3v) is 6.49. The first-order valence-corrected chi connectivity index (χ1v) is 12.3. The van der Waals surface area contributed by atoms with E-state index in [4.69, 9.17) is 9.47 Å². The third kappa shape index (κ3) is 8.15. The molecule has 0 saturated carbocycles. The Morgan fingerprint density at radius 2 is 1.24 bits per heavy atom. The molecule has 0 aromatic heterocycles. The quantitative estimate of drug-likeness (QED) is 0.192. The highest BCUT2D eigenvalue weighted by Gasteiger charge is 2.34. The maximum Gasteiger partial charge on any atom is 0.228 e. The van der Waals surface area contributed by atoms with E-state index in [1.807, 2.05) is 0 Å². The second-order valence-corrected chi connectivity index (χ2v) is 9.71. The molecule has 2 rings (SSSR count). The maximum atomic E-state index is 12.6. The Kier molecular flexibility index (Phi) is 10.9. The highest BCUT2D eigenvalue weighted by Crippen LogP contribution is 2.28. The lowest BCUT2D eigenvalue weighted by Gasteiger charge is -2.30. The molecule has 5 heteroatoms. The van der Waals surface area contributed by atoms with Gasteiger partial charge in [-0.3, -0.25) is 9.59 Å². The van der Waals surface area contributed by atoms with Crippen molar-refractivity contribution in [3.63, 3.8) is 0 Å². The summed E-state index contributed by atoms with van der Waals surface area (Å²) >= 11 is 0. The summed E-state index contributed by atoms with van der Waals surface area (Å²) in [5.41, 5.74) is 2.47. The molecule has 182 valence electrons. The molecule has 0 bridgehead atoms. The summed E-state index contributed by atoms with van der Waals surface area (Å²) in [6, 6.07) is 10.7. The van der Waals surface area contributed by atoms with Crippen LogP contribution in [0.15, 0.2) is 53.0 Å². The van der Waals surface area contributed by atoms with Gasteiger partial charge in [-0.1, -0.05) is 62.4 Å². The summed E-state index contributed by atoms with van der Waals surface area (Å²) in [5, 5.41) is 0. The number of unbranched alkanes of at least 4 members (excludes halogenated alkanes) is 7. The van der Waals surface area contributed by atoms with Gasteiger partial charge in [0.1, 0.15) is 6.54 Å². The van der Waals surface area contributed by atoms with E-state index in [0.717, 1.165) is 23.9 Å². The Morgan fingerprint density at radius 3 is 1.82 bits per heavy atom. The van der Waals surface area contributed by atoms with Crippen LogP contribution in [0.5, 0.6) is 0 Å². The number of ketones is 2. The van der Waals surface area contributed by atoms with Crippen LogP contribution in [0.1, 0.15) is 70.3 Å². The van der Waals surface area contributed by atoms with Gasteiger partial charge in [0, 0.05) is 16.7 Å². The van der Waals surface area contributed by atoms with Crippen LogP contribution in [-0.2, 0) is 25.6 Å². The number of hydrogen-bond acceptors (Lipinski definition) is 4. The van der Waals surface area contributed by atoms with Crippen molar-refractivity contribution in [1.82, 2.24) is 0 Å². The second-order valence-electron chi connectivity index (χ2n) is 9.71. The average Bonchev–Trinajstić information content (AvgIpc) is 2.79. The lowest BCUT2D eigenvalue weighted by Crippen LogP contribution is -2.39. The Labute approximate surface area is 200 Å². The van der Waals surface area contributed by atoms with Crippen molar-refractivity contribution in [2.24, 2.45) is 0 Å². The minimum atomic E-state index is -0.241. The molecule has 0 amide bonds. The first kappa shape index (κ1) is 26.8. The van der Waals surface area contributed by atoms with E-state index >= 15 is 0 Å². The van der Waals surface area contributed by atoms with Crippen LogP contribution < -0.4 is 0 Å². The molecule has 0 N–H and O–H groups in total. The van der Waals surface area contributed by atoms with Crippen molar-refractivity contribution >= 4 is 11.6 Å². The molecule has 1 aromatic carbocycles. The second kappa shape index (κ2) is 13.3. The zero-order valence-corrected chi connectivity index (χ0v) is 21.2. The summed E-state index contributed by atoms with van der Waals surface area (Å²) in [6.45, 7) is 4.00. The van der Waals surface area contributed by atoms with Gasteiger partial charge < -0.3 is 14.0 Å². The number of methoxy groups -OCH3 is 2. The van der Waals surface area contributed by atoms with Crippen LogP contribution in [0.25, 0.3) is 0 Å². The van der Waals surface area contributed by atoms with Crippen LogP contribution in [0.3, 0.4) is 0 Å². The van der Waals surface area contributed by atoms with E-state index in [1.54, 1.807) is 6.92 Å². The first-order valence-electron chi connectivity index (χ1n) is 12.3. The van der Waals surface area contributed by atoms with Crippen LogP contribution in [0, 0.1) is 0 Å². The fourth-order valence-corrected chi connectivity index (χ4v) is 4.55. The molecule has 0 radical (unpaired) electrons. The van der Waals surface area contributed by atoms with Crippen molar-refractivity contribution in [2.45, 2.75) is 71.3 Å². The lowest BCUT2D eigenvalue weighted by atomic mass is 9.89. The van der Waals surface area contributed by atoms with E-state index in [0.29, 0.717) is 17.6 Å². The number of quaternary nitrogens is 1. The topological polar surface area (TPSA) is 52.6 Å². The van der Waals surface area contributed by atoms with Crippen LogP contribution in [0.4, 0.5) is 0 Å². The van der Waals surface area contributed by atoms with Crippen LogP contribution >= 0.6 is 0 Å². The zero-order valence-electron chi connectivity index (χ0n) is 21.2. The van der Waals surface area contributed by atoms with E-state index in [9.17, 15) is 9.59 Å². The van der Waals surface area contributed by atoms with E-state index < -0.39 is 0 Å². The molecule has 0 heterocycles. The Hall–Kier alpha value is -2.40. The molecule has 1 aliphatic carbocycles. The molecule has 5 nitrogen and oxygen atoms in total. The molecule has 0 unspecified atom stereocenters. The largest absolute Gasteiger partial charge is 0.489 e. The van der Waals surface area contributed by atoms with E-state index in [1.165, 1.54) is 64.9 Å². The summed E-state index contributed by atoms with van der Waals surface area (Å²) in [4.78, 5) is 25.1. The Morgan fingerprint density at radius 1 is 0.727 bits per heavy atom. The van der Waals surface area contributed by atoms with Gasteiger partial charge in [-0.2, -0.15) is 0 Å². The summed E-state index contributed by atoms with van der Waals surface area (Å²) in [5.74, 6) is -0.394. The molecular formula is C28H42NO4+. The van der Waals surface area contributed by atoms with Gasteiger partial charge >= 0.3 is 0 Å². The smallest absolute Gasteiger partial charge is 0.228 e. The SMILES string of the molecule is COC1=C(OC)C(=O)C(CCCCCCCCCC[N+](C)(C)Cc2ccccc2)=C(C)C1=O. The predicted octanol–water partition coefficient (Wildman–Crippen LogP) is 5.75. The number of rotatable bonds is 15. The van der Waals surface area contributed by atoms with Crippen molar-refractivity contribution in [2.75, 3.05) is 34.9 Å². The molecule has 0 fully saturated rings. The number of ether oxygens (including phenoxy) is 2. The molecule has 1 aromatic rings. The third-order valence-electron chi connectivity index (χ3n) is 6.49. The van der Waals surface area contributed by atoms with E-state index in [2.05, 4.69) is 44.4 Å². The van der Waals surface area contributed by atoms with Crippen LogP contribution in [-0.4, -0.2) is 50.9 Å². The number of carbonyl (C=O) groups excluding carboxylic acids is 2. The Bertz CT molecular complexity index is 852. The number of Topliss-reactive ketones (excluding diaryl/α,β-unsaturated/α-hetero) is 2. The van der Waals surface area contributed by atoms with Crippen LogP contribution in [0.2, 0.25) is 0 Å². The lowest BCUT2D eigenvalue weighted by molar-refractivity contribution is -0.903. The molecule has 33 heavy (non-hydrogen) atoms.